The minimum absolute atomic E-state index is 0.0469. The topological polar surface area (TPSA) is 111 Å². The molecule has 0 spiro atoms. The molecule has 0 saturated carbocycles. The van der Waals surface area contributed by atoms with Gasteiger partial charge in [0.25, 0.3) is 0 Å². The van der Waals surface area contributed by atoms with Crippen molar-refractivity contribution in [1.82, 2.24) is 9.03 Å². The van der Waals surface area contributed by atoms with Crippen LogP contribution in [-0.4, -0.2) is 57.3 Å². The molecule has 1 fully saturated rings. The van der Waals surface area contributed by atoms with Crippen molar-refractivity contribution in [3.63, 3.8) is 0 Å². The zero-order valence-corrected chi connectivity index (χ0v) is 13.4. The Morgan fingerprint density at radius 2 is 2.00 bits per heavy atom. The number of nitrogens with zero attached hydrogens (tertiary/aromatic N) is 1. The van der Waals surface area contributed by atoms with E-state index in [1.807, 2.05) is 4.72 Å². The molecule has 9 heteroatoms. The third-order valence-electron chi connectivity index (χ3n) is 3.00. The van der Waals surface area contributed by atoms with Crippen LogP contribution in [0.1, 0.15) is 33.1 Å². The predicted octanol–water partition coefficient (Wildman–Crippen LogP) is 0.196. The number of rotatable bonds is 7. The van der Waals surface area contributed by atoms with Gasteiger partial charge in [-0.2, -0.15) is 12.7 Å². The van der Waals surface area contributed by atoms with Gasteiger partial charge >= 0.3 is 16.3 Å². The van der Waals surface area contributed by atoms with Crippen LogP contribution in [0.3, 0.4) is 0 Å². The van der Waals surface area contributed by atoms with Gasteiger partial charge in [-0.3, -0.25) is 0 Å². The molecule has 124 valence electrons. The molecule has 0 unspecified atom stereocenters. The molecule has 1 aliphatic rings. The Balaban J connectivity index is 2.39. The van der Waals surface area contributed by atoms with E-state index in [0.717, 1.165) is 6.42 Å². The SMILES string of the molecule is CC(C)OC(=O)NS(=O)(=O)N1CCC(OCCCN)CC1. The molecule has 0 radical (unpaired) electrons. The van der Waals surface area contributed by atoms with E-state index < -0.39 is 16.3 Å². The minimum Gasteiger partial charge on any atom is -0.446 e. The van der Waals surface area contributed by atoms with Crippen LogP contribution < -0.4 is 10.5 Å². The van der Waals surface area contributed by atoms with Crippen molar-refractivity contribution in [2.24, 2.45) is 5.73 Å². The van der Waals surface area contributed by atoms with E-state index >= 15 is 0 Å². The highest BCUT2D eigenvalue weighted by Crippen LogP contribution is 2.16. The van der Waals surface area contributed by atoms with Gasteiger partial charge in [-0.15, -0.1) is 0 Å². The highest BCUT2D eigenvalue weighted by atomic mass is 32.2. The van der Waals surface area contributed by atoms with Gasteiger partial charge in [0.05, 0.1) is 12.2 Å². The van der Waals surface area contributed by atoms with Crippen LogP contribution in [0.2, 0.25) is 0 Å². The summed E-state index contributed by atoms with van der Waals surface area (Å²) in [6, 6.07) is 0. The third-order valence-corrected chi connectivity index (χ3v) is 4.47. The second kappa shape index (κ2) is 8.52. The number of carbonyl (C=O) groups is 1. The van der Waals surface area contributed by atoms with E-state index in [-0.39, 0.29) is 12.2 Å². The fraction of sp³-hybridized carbons (Fsp3) is 0.917. The van der Waals surface area contributed by atoms with Crippen LogP contribution in [-0.2, 0) is 19.7 Å². The molecule has 21 heavy (non-hydrogen) atoms. The van der Waals surface area contributed by atoms with Crippen LogP contribution in [0, 0.1) is 0 Å². The number of hydrogen-bond acceptors (Lipinski definition) is 6. The summed E-state index contributed by atoms with van der Waals surface area (Å²) in [6.45, 7) is 5.10. The fourth-order valence-electron chi connectivity index (χ4n) is 1.98. The molecule has 1 heterocycles. The zero-order valence-electron chi connectivity index (χ0n) is 12.6. The maximum absolute atomic E-state index is 12.0. The maximum atomic E-state index is 12.0. The van der Waals surface area contributed by atoms with E-state index in [1.54, 1.807) is 13.8 Å². The first-order chi connectivity index (χ1) is 9.85. The summed E-state index contributed by atoms with van der Waals surface area (Å²) < 4.78 is 37.5. The lowest BCUT2D eigenvalue weighted by Crippen LogP contribution is -2.48. The van der Waals surface area contributed by atoms with E-state index in [0.29, 0.717) is 39.1 Å². The number of nitrogens with two attached hydrogens (primary N) is 1. The molecule has 3 N–H and O–H groups in total. The molecule has 0 atom stereocenters. The largest absolute Gasteiger partial charge is 0.446 e. The van der Waals surface area contributed by atoms with Crippen molar-refractivity contribution >= 4 is 16.3 Å². The Hall–Kier alpha value is -0.900. The normalized spacial score (nSPS) is 17.9. The van der Waals surface area contributed by atoms with E-state index in [1.165, 1.54) is 4.31 Å². The van der Waals surface area contributed by atoms with Crippen molar-refractivity contribution in [1.29, 1.82) is 0 Å². The van der Waals surface area contributed by atoms with Gasteiger partial charge in [-0.1, -0.05) is 0 Å². The van der Waals surface area contributed by atoms with Crippen LogP contribution >= 0.6 is 0 Å². The first-order valence-corrected chi connectivity index (χ1v) is 8.59. The summed E-state index contributed by atoms with van der Waals surface area (Å²) in [5, 5.41) is 0. The molecule has 1 saturated heterocycles. The quantitative estimate of drug-likeness (QED) is 0.647. The Morgan fingerprint density at radius 1 is 1.38 bits per heavy atom. The van der Waals surface area contributed by atoms with Gasteiger partial charge in [-0.25, -0.2) is 9.52 Å². The predicted molar refractivity (Wildman–Crippen MR) is 77.9 cm³/mol. The molecule has 0 aliphatic carbocycles. The van der Waals surface area contributed by atoms with Crippen LogP contribution in [0.25, 0.3) is 0 Å². The number of carbonyl (C=O) groups excluding carboxylic acids is 1. The maximum Gasteiger partial charge on any atom is 0.422 e. The van der Waals surface area contributed by atoms with Gasteiger partial charge in [0.2, 0.25) is 0 Å². The van der Waals surface area contributed by atoms with Crippen molar-refractivity contribution < 1.29 is 22.7 Å². The van der Waals surface area contributed by atoms with Gasteiger partial charge in [-0.05, 0) is 39.7 Å². The summed E-state index contributed by atoms with van der Waals surface area (Å²) in [6.07, 6.45) is 0.718. The van der Waals surface area contributed by atoms with Gasteiger partial charge in [0.15, 0.2) is 0 Å². The molecule has 1 amide bonds. The Kier molecular flexibility index (Phi) is 7.36. The molecular weight excluding hydrogens is 298 g/mol. The van der Waals surface area contributed by atoms with Crippen LogP contribution in [0.15, 0.2) is 0 Å². The van der Waals surface area contributed by atoms with Crippen LogP contribution in [0.5, 0.6) is 0 Å². The summed E-state index contributed by atoms with van der Waals surface area (Å²) >= 11 is 0. The molecule has 0 bridgehead atoms. The van der Waals surface area contributed by atoms with E-state index in [2.05, 4.69) is 0 Å². The molecule has 0 aromatic heterocycles. The van der Waals surface area contributed by atoms with Crippen LogP contribution in [0.4, 0.5) is 4.79 Å². The third kappa shape index (κ3) is 6.60. The summed E-state index contributed by atoms with van der Waals surface area (Å²) in [7, 11) is -3.84. The average Bonchev–Trinajstić information content (AvgIpc) is 2.38. The van der Waals surface area contributed by atoms with Crippen molar-refractivity contribution in [2.75, 3.05) is 26.2 Å². The van der Waals surface area contributed by atoms with Crippen molar-refractivity contribution in [3.8, 4) is 0 Å². The number of ether oxygens (including phenoxy) is 2. The zero-order chi connectivity index (χ0) is 15.9. The Morgan fingerprint density at radius 3 is 2.52 bits per heavy atom. The molecule has 0 aromatic rings. The van der Waals surface area contributed by atoms with Gasteiger partial charge < -0.3 is 15.2 Å². The highest BCUT2D eigenvalue weighted by molar-refractivity contribution is 7.87. The smallest absolute Gasteiger partial charge is 0.422 e. The molecular formula is C12H25N3O5S. The minimum atomic E-state index is -3.84. The summed E-state index contributed by atoms with van der Waals surface area (Å²) in [4.78, 5) is 11.4. The fourth-order valence-corrected chi connectivity index (χ4v) is 3.06. The van der Waals surface area contributed by atoms with Gasteiger partial charge in [0, 0.05) is 19.7 Å². The lowest BCUT2D eigenvalue weighted by Gasteiger charge is -2.30. The Bertz CT molecular complexity index is 419. The number of piperidine rings is 1. The Labute approximate surface area is 126 Å². The standard InChI is InChI=1S/C12H25N3O5S/c1-10(2)20-12(16)14-21(17,18)15-7-4-11(5-8-15)19-9-3-6-13/h10-11H,3-9,13H2,1-2H3,(H,14,16). The van der Waals surface area contributed by atoms with Crippen molar-refractivity contribution in [3.05, 3.63) is 0 Å². The molecule has 0 aromatic carbocycles. The lowest BCUT2D eigenvalue weighted by molar-refractivity contribution is 0.0207. The first-order valence-electron chi connectivity index (χ1n) is 7.15. The second-order valence-corrected chi connectivity index (χ2v) is 6.84. The molecule has 1 aliphatic heterocycles. The van der Waals surface area contributed by atoms with E-state index in [9.17, 15) is 13.2 Å². The highest BCUT2D eigenvalue weighted by Gasteiger charge is 2.30. The lowest BCUT2D eigenvalue weighted by atomic mass is 10.1. The van der Waals surface area contributed by atoms with Crippen molar-refractivity contribution in [2.45, 2.75) is 45.3 Å². The second-order valence-electron chi connectivity index (χ2n) is 5.17. The number of nitrogens with one attached hydrogen (secondary N) is 1. The summed E-state index contributed by atoms with van der Waals surface area (Å²) in [5.41, 5.74) is 5.38. The number of hydrogen-bond donors (Lipinski definition) is 2. The molecule has 1 rings (SSSR count). The average molecular weight is 323 g/mol. The number of amides is 1. The molecule has 8 nitrogen and oxygen atoms in total. The monoisotopic (exact) mass is 323 g/mol. The van der Waals surface area contributed by atoms with E-state index in [4.69, 9.17) is 15.2 Å². The first kappa shape index (κ1) is 18.1. The summed E-state index contributed by atoms with van der Waals surface area (Å²) in [5.74, 6) is 0. The van der Waals surface area contributed by atoms with Gasteiger partial charge in [0.1, 0.15) is 0 Å².